The highest BCUT2D eigenvalue weighted by atomic mass is 32.2. The van der Waals surface area contributed by atoms with E-state index in [2.05, 4.69) is 5.32 Å². The molecule has 32 heavy (non-hydrogen) atoms. The highest BCUT2D eigenvalue weighted by Gasteiger charge is 2.29. The van der Waals surface area contributed by atoms with Gasteiger partial charge in [0.2, 0.25) is 5.91 Å². The molecule has 1 amide bonds. The van der Waals surface area contributed by atoms with Gasteiger partial charge in [0.15, 0.2) is 11.5 Å². The Hall–Kier alpha value is -2.85. The Morgan fingerprint density at radius 3 is 2.28 bits per heavy atom. The summed E-state index contributed by atoms with van der Waals surface area (Å²) in [4.78, 5) is 12.8. The van der Waals surface area contributed by atoms with Gasteiger partial charge in [0, 0.05) is 14.1 Å². The zero-order chi connectivity index (χ0) is 23.9. The van der Waals surface area contributed by atoms with Crippen molar-refractivity contribution >= 4 is 21.8 Å². The predicted octanol–water partition coefficient (Wildman–Crippen LogP) is 3.11. The van der Waals surface area contributed by atoms with E-state index in [-0.39, 0.29) is 5.69 Å². The summed E-state index contributed by atoms with van der Waals surface area (Å²) in [7, 11) is -1.47. The number of benzene rings is 2. The second kappa shape index (κ2) is 11.1. The first-order valence-electron chi connectivity index (χ1n) is 10.2. The Morgan fingerprint density at radius 1 is 1.06 bits per heavy atom. The monoisotopic (exact) mass is 467 g/mol. The number of para-hydroxylation sites is 1. The summed E-state index contributed by atoms with van der Waals surface area (Å²) in [5.74, 6) is -0.180. The molecule has 1 atom stereocenters. The third kappa shape index (κ3) is 6.10. The number of carbonyl (C=O) groups is 1. The highest BCUT2D eigenvalue weighted by Crippen LogP contribution is 2.31. The van der Waals surface area contributed by atoms with Crippen LogP contribution in [0.4, 0.5) is 10.1 Å². The average Bonchev–Trinajstić information content (AvgIpc) is 2.74. The molecule has 0 bridgehead atoms. The van der Waals surface area contributed by atoms with Crippen LogP contribution in [0.2, 0.25) is 0 Å². The van der Waals surface area contributed by atoms with Crippen LogP contribution in [-0.2, 0) is 15.0 Å². The quantitative estimate of drug-likeness (QED) is 0.549. The first-order valence-corrected chi connectivity index (χ1v) is 11.6. The van der Waals surface area contributed by atoms with E-state index in [1.54, 1.807) is 25.1 Å². The van der Waals surface area contributed by atoms with E-state index < -0.39 is 34.5 Å². The number of nitrogens with zero attached hydrogens (tertiary/aromatic N) is 2. The summed E-state index contributed by atoms with van der Waals surface area (Å²) in [5.41, 5.74) is 0.543. The molecule has 1 N–H and O–H groups in total. The molecule has 10 heteroatoms. The fourth-order valence-electron chi connectivity index (χ4n) is 2.98. The van der Waals surface area contributed by atoms with Crippen LogP contribution in [0.25, 0.3) is 0 Å². The normalized spacial score (nSPS) is 12.3. The topological polar surface area (TPSA) is 88.2 Å². The van der Waals surface area contributed by atoms with Crippen LogP contribution in [-0.4, -0.2) is 52.5 Å². The molecule has 2 aromatic carbocycles. The molecule has 0 heterocycles. The predicted molar refractivity (Wildman–Crippen MR) is 122 cm³/mol. The number of nitrogens with one attached hydrogen (secondary N) is 1. The SMILES string of the molecule is CCOc1ccc([C@H](C)NC(=O)CN(c2ccccc2F)S(=O)(=O)N(C)C)cc1OCC. The number of carbonyl (C=O) groups excluding carboxylic acids is 1. The molecule has 0 aliphatic rings. The standard InChI is InChI=1S/C22H30FN3O5S/c1-6-30-20-13-12-17(14-21(20)31-7-2)16(3)24-22(27)15-26(32(28,29)25(4)5)19-11-9-8-10-18(19)23/h8-14,16H,6-7,15H2,1-5H3,(H,24,27)/t16-/m0/s1. The fraction of sp³-hybridized carbons (Fsp3) is 0.409. The molecule has 0 fully saturated rings. The van der Waals surface area contributed by atoms with Gasteiger partial charge in [-0.1, -0.05) is 18.2 Å². The minimum absolute atomic E-state index is 0.205. The molecule has 2 aromatic rings. The van der Waals surface area contributed by atoms with E-state index >= 15 is 0 Å². The van der Waals surface area contributed by atoms with Crippen molar-refractivity contribution in [1.29, 1.82) is 0 Å². The minimum Gasteiger partial charge on any atom is -0.490 e. The van der Waals surface area contributed by atoms with Gasteiger partial charge in [-0.2, -0.15) is 12.7 Å². The van der Waals surface area contributed by atoms with Gasteiger partial charge >= 0.3 is 10.2 Å². The van der Waals surface area contributed by atoms with Crippen molar-refractivity contribution in [3.8, 4) is 11.5 Å². The van der Waals surface area contributed by atoms with Crippen molar-refractivity contribution < 1.29 is 27.1 Å². The highest BCUT2D eigenvalue weighted by molar-refractivity contribution is 7.90. The first-order chi connectivity index (χ1) is 15.1. The molecule has 0 spiro atoms. The number of anilines is 1. The second-order valence-corrected chi connectivity index (χ2v) is 9.18. The van der Waals surface area contributed by atoms with Crippen LogP contribution < -0.4 is 19.1 Å². The van der Waals surface area contributed by atoms with Gasteiger partial charge in [-0.3, -0.25) is 4.79 Å². The molecule has 176 valence electrons. The lowest BCUT2D eigenvalue weighted by atomic mass is 10.1. The molecule has 0 unspecified atom stereocenters. The summed E-state index contributed by atoms with van der Waals surface area (Å²) in [6.07, 6.45) is 0. The van der Waals surface area contributed by atoms with E-state index in [0.717, 1.165) is 20.2 Å². The van der Waals surface area contributed by atoms with Crippen LogP contribution >= 0.6 is 0 Å². The van der Waals surface area contributed by atoms with Crippen molar-refractivity contribution in [3.05, 3.63) is 53.8 Å². The van der Waals surface area contributed by atoms with E-state index in [1.165, 1.54) is 32.3 Å². The van der Waals surface area contributed by atoms with Gasteiger partial charge in [0.05, 0.1) is 24.9 Å². The smallest absolute Gasteiger partial charge is 0.304 e. The third-order valence-electron chi connectivity index (χ3n) is 4.59. The van der Waals surface area contributed by atoms with E-state index in [4.69, 9.17) is 9.47 Å². The maximum atomic E-state index is 14.3. The maximum absolute atomic E-state index is 14.3. The number of halogens is 1. The Kier molecular flexibility index (Phi) is 8.85. The van der Waals surface area contributed by atoms with Crippen molar-refractivity contribution in [2.45, 2.75) is 26.8 Å². The zero-order valence-electron chi connectivity index (χ0n) is 19.0. The molecular weight excluding hydrogens is 437 g/mol. The number of hydrogen-bond donors (Lipinski definition) is 1. The number of rotatable bonds is 11. The lowest BCUT2D eigenvalue weighted by molar-refractivity contribution is -0.120. The molecule has 0 saturated carbocycles. The number of ether oxygens (including phenoxy) is 2. The van der Waals surface area contributed by atoms with Gasteiger partial charge in [-0.05, 0) is 50.6 Å². The molecule has 0 saturated heterocycles. The summed E-state index contributed by atoms with van der Waals surface area (Å²) in [6.45, 7) is 5.84. The van der Waals surface area contributed by atoms with Crippen LogP contribution in [0.15, 0.2) is 42.5 Å². The number of amides is 1. The maximum Gasteiger partial charge on any atom is 0.304 e. The summed E-state index contributed by atoms with van der Waals surface area (Å²) < 4.78 is 52.7. The molecular formula is C22H30FN3O5S. The molecule has 2 rings (SSSR count). The van der Waals surface area contributed by atoms with E-state index in [0.29, 0.717) is 24.7 Å². The lowest BCUT2D eigenvalue weighted by Crippen LogP contribution is -2.46. The summed E-state index contributed by atoms with van der Waals surface area (Å²) in [6, 6.07) is 10.3. The number of hydrogen-bond acceptors (Lipinski definition) is 5. The van der Waals surface area contributed by atoms with Crippen molar-refractivity contribution in [2.75, 3.05) is 38.2 Å². The molecule has 0 aliphatic carbocycles. The Morgan fingerprint density at radius 2 is 1.69 bits per heavy atom. The first kappa shape index (κ1) is 25.4. The van der Waals surface area contributed by atoms with Gasteiger partial charge in [-0.15, -0.1) is 0 Å². The molecule has 0 aliphatic heterocycles. The molecule has 0 aromatic heterocycles. The average molecular weight is 468 g/mol. The van der Waals surface area contributed by atoms with Gasteiger partial charge in [0.1, 0.15) is 12.4 Å². The van der Waals surface area contributed by atoms with Crippen LogP contribution in [0, 0.1) is 5.82 Å². The molecule has 8 nitrogen and oxygen atoms in total. The Balaban J connectivity index is 2.24. The van der Waals surface area contributed by atoms with Crippen molar-refractivity contribution in [1.82, 2.24) is 9.62 Å². The van der Waals surface area contributed by atoms with Gasteiger partial charge < -0.3 is 14.8 Å². The lowest BCUT2D eigenvalue weighted by Gasteiger charge is -2.27. The van der Waals surface area contributed by atoms with Gasteiger partial charge in [-0.25, -0.2) is 8.70 Å². The fourth-order valence-corrected chi connectivity index (χ4v) is 4.05. The second-order valence-electron chi connectivity index (χ2n) is 7.11. The largest absolute Gasteiger partial charge is 0.490 e. The van der Waals surface area contributed by atoms with Gasteiger partial charge in [0.25, 0.3) is 0 Å². The molecule has 0 radical (unpaired) electrons. The summed E-state index contributed by atoms with van der Waals surface area (Å²) in [5, 5.41) is 2.77. The minimum atomic E-state index is -4.11. The van der Waals surface area contributed by atoms with Crippen LogP contribution in [0.5, 0.6) is 11.5 Å². The Labute approximate surface area is 189 Å². The Bertz CT molecular complexity index is 1030. The van der Waals surface area contributed by atoms with E-state index in [1.807, 2.05) is 13.8 Å². The summed E-state index contributed by atoms with van der Waals surface area (Å²) >= 11 is 0. The van der Waals surface area contributed by atoms with Crippen molar-refractivity contribution in [2.24, 2.45) is 0 Å². The van der Waals surface area contributed by atoms with Crippen LogP contribution in [0.3, 0.4) is 0 Å². The van der Waals surface area contributed by atoms with E-state index in [9.17, 15) is 17.6 Å². The van der Waals surface area contributed by atoms with Crippen molar-refractivity contribution in [3.63, 3.8) is 0 Å². The zero-order valence-corrected chi connectivity index (χ0v) is 19.8. The van der Waals surface area contributed by atoms with Crippen LogP contribution in [0.1, 0.15) is 32.4 Å². The third-order valence-corrected chi connectivity index (χ3v) is 6.40.